The summed E-state index contributed by atoms with van der Waals surface area (Å²) in [7, 11) is 1.38. The highest BCUT2D eigenvalue weighted by atomic mass is 16.8. The Morgan fingerprint density at radius 3 is 2.62 bits per heavy atom. The van der Waals surface area contributed by atoms with Crippen molar-refractivity contribution in [3.63, 3.8) is 0 Å². The quantitative estimate of drug-likeness (QED) is 0.0678. The van der Waals surface area contributed by atoms with Crippen molar-refractivity contribution in [2.75, 3.05) is 40.3 Å². The van der Waals surface area contributed by atoms with Crippen LogP contribution in [0.3, 0.4) is 0 Å². The molecule has 1 aromatic heterocycles. The number of aliphatic hydroxyl groups excluding tert-OH is 2. The molecule has 5 aliphatic rings. The van der Waals surface area contributed by atoms with E-state index >= 15 is 0 Å². The van der Waals surface area contributed by atoms with Gasteiger partial charge in [-0.05, 0) is 111 Å². The molecule has 14 heteroatoms. The highest BCUT2D eigenvalue weighted by Gasteiger charge is 2.65. The van der Waals surface area contributed by atoms with Gasteiger partial charge in [0.15, 0.2) is 11.5 Å². The third-order valence-corrected chi connectivity index (χ3v) is 13.0. The Labute approximate surface area is 369 Å². The van der Waals surface area contributed by atoms with Crippen LogP contribution in [-0.4, -0.2) is 90.4 Å². The first-order valence-corrected chi connectivity index (χ1v) is 22.5. The number of methoxy groups -OCH3 is 1. The van der Waals surface area contributed by atoms with Crippen LogP contribution in [0.5, 0.6) is 23.0 Å². The molecule has 63 heavy (non-hydrogen) atoms. The Morgan fingerprint density at radius 1 is 1.02 bits per heavy atom. The number of rotatable bonds is 19. The zero-order valence-corrected chi connectivity index (χ0v) is 36.5. The van der Waals surface area contributed by atoms with Gasteiger partial charge >= 0.3 is 6.09 Å². The first-order chi connectivity index (χ1) is 30.8. The zero-order chi connectivity index (χ0) is 43.8. The number of hydrogen-bond donors (Lipinski definition) is 2. The molecule has 338 valence electrons. The van der Waals surface area contributed by atoms with E-state index in [4.69, 9.17) is 43.2 Å². The van der Waals surface area contributed by atoms with E-state index in [0.717, 1.165) is 66.6 Å². The van der Waals surface area contributed by atoms with E-state index in [2.05, 4.69) is 23.7 Å². The lowest BCUT2D eigenvalue weighted by Crippen LogP contribution is -2.70. The molecule has 2 aliphatic carbocycles. The molecule has 2 aromatic carbocycles. The number of unbranched alkanes of at least 4 members (excludes halogenated alkanes) is 2. The fourth-order valence-electron chi connectivity index (χ4n) is 10.1. The molecule has 1 saturated carbocycles. The molecule has 1 saturated heterocycles. The Kier molecular flexibility index (Phi) is 14.5. The fraction of sp³-hybridized carbons (Fsp3) is 0.531. The van der Waals surface area contributed by atoms with Gasteiger partial charge in [-0.2, -0.15) is 0 Å². The van der Waals surface area contributed by atoms with E-state index < -0.39 is 30.1 Å². The van der Waals surface area contributed by atoms with Crippen molar-refractivity contribution in [3.8, 4) is 23.0 Å². The van der Waals surface area contributed by atoms with Crippen molar-refractivity contribution in [1.82, 2.24) is 9.88 Å². The lowest BCUT2D eigenvalue weighted by molar-refractivity contribution is -0.256. The minimum absolute atomic E-state index is 0.0371. The minimum Gasteiger partial charge on any atom is -0.487 e. The molecule has 3 aromatic rings. The van der Waals surface area contributed by atoms with Crippen LogP contribution >= 0.6 is 0 Å². The van der Waals surface area contributed by atoms with Crippen molar-refractivity contribution in [2.45, 2.75) is 108 Å². The van der Waals surface area contributed by atoms with Gasteiger partial charge in [0.2, 0.25) is 18.9 Å². The lowest BCUT2D eigenvalue weighted by atomic mass is 9.55. The maximum Gasteiger partial charge on any atom is 0.410 e. The molecule has 3 aliphatic heterocycles. The zero-order valence-electron chi connectivity index (χ0n) is 36.5. The number of pyridine rings is 1. The Hall–Kier alpha value is -5.15. The van der Waals surface area contributed by atoms with Gasteiger partial charge in [-0.25, -0.2) is 4.79 Å². The third-order valence-electron chi connectivity index (χ3n) is 13.0. The molecule has 0 radical (unpaired) electrons. The van der Waals surface area contributed by atoms with Gasteiger partial charge in [0, 0.05) is 49.8 Å². The molecule has 2 N–H and O–H groups in total. The molecule has 0 spiro atoms. The number of aryl methyl sites for hydroxylation is 1. The summed E-state index contributed by atoms with van der Waals surface area (Å²) >= 11 is 0. The van der Waals surface area contributed by atoms with E-state index in [9.17, 15) is 15.0 Å². The molecule has 7 atom stereocenters. The smallest absolute Gasteiger partial charge is 0.410 e. The van der Waals surface area contributed by atoms with Crippen LogP contribution in [0, 0.1) is 24.7 Å². The summed E-state index contributed by atoms with van der Waals surface area (Å²) in [5.74, 6) is 0.399. The molecule has 1 amide bonds. The van der Waals surface area contributed by atoms with Crippen LogP contribution in [0.2, 0.25) is 0 Å². The summed E-state index contributed by atoms with van der Waals surface area (Å²) in [6.45, 7) is 7.44. The number of oxime groups is 1. The second-order valence-corrected chi connectivity index (χ2v) is 17.0. The predicted octanol–water partition coefficient (Wildman–Crippen LogP) is 8.13. The van der Waals surface area contributed by atoms with Crippen molar-refractivity contribution in [1.29, 1.82) is 0 Å². The van der Waals surface area contributed by atoms with Gasteiger partial charge in [0.05, 0.1) is 37.6 Å². The van der Waals surface area contributed by atoms with Crippen LogP contribution in [0.1, 0.15) is 92.6 Å². The number of fused-ring (bicyclic) bond motifs is 3. The average molecular weight is 868 g/mol. The van der Waals surface area contributed by atoms with E-state index in [-0.39, 0.29) is 63.9 Å². The SMILES string of the molecule is C=CCOC12Oc3ccc(OCc4cccc(C)n4)cc3C3C(CCCCO)C(CCCCO)C=C(C(=NOC4CCCCO4)CC1N(Cc1ccc4c(c1)OCO4)C(=O)OC)C32. The first kappa shape index (κ1) is 44.5. The van der Waals surface area contributed by atoms with Crippen LogP contribution in [-0.2, 0) is 32.2 Å². The molecule has 7 unspecified atom stereocenters. The minimum atomic E-state index is -1.47. The maximum absolute atomic E-state index is 14.4. The maximum atomic E-state index is 14.4. The standard InChI is InChI=1S/C49H61N3O11/c1-4-23-61-49-44(52(48(55)56-3)29-33-17-19-42-43(25-33)60-31-59-42)28-40(51-63-45-16-7-10-24-57-45)38-26-34(13-5-8-21-53)37(15-6-9-22-54)46(47(38)49)39-27-36(18-20-41(39)62-49)58-30-35-14-11-12-32(2)50-35/h4,11-12,14,17-20,25-27,34,37,44-47,53-54H,1,5-10,13,15-16,21-24,28-31H2,2-3H3. The number of benzene rings is 2. The fourth-order valence-corrected chi connectivity index (χ4v) is 10.1. The van der Waals surface area contributed by atoms with Crippen LogP contribution < -0.4 is 18.9 Å². The van der Waals surface area contributed by atoms with Crippen LogP contribution in [0.15, 0.2) is 84.1 Å². The molecule has 14 nitrogen and oxygen atoms in total. The number of amides is 1. The Morgan fingerprint density at radius 2 is 1.84 bits per heavy atom. The van der Waals surface area contributed by atoms with Crippen LogP contribution in [0.4, 0.5) is 4.79 Å². The van der Waals surface area contributed by atoms with Gasteiger partial charge in [-0.3, -0.25) is 9.88 Å². The van der Waals surface area contributed by atoms with Gasteiger partial charge in [0.1, 0.15) is 24.1 Å². The Balaban J connectivity index is 1.30. The van der Waals surface area contributed by atoms with E-state index in [1.165, 1.54) is 7.11 Å². The van der Waals surface area contributed by atoms with Crippen molar-refractivity contribution in [3.05, 3.63) is 101 Å². The largest absolute Gasteiger partial charge is 0.487 e. The van der Waals surface area contributed by atoms with Crippen molar-refractivity contribution >= 4 is 11.8 Å². The van der Waals surface area contributed by atoms with Crippen molar-refractivity contribution in [2.24, 2.45) is 22.9 Å². The summed E-state index contributed by atoms with van der Waals surface area (Å²) in [5.41, 5.74) is 5.08. The molecule has 2 fully saturated rings. The predicted molar refractivity (Wildman–Crippen MR) is 233 cm³/mol. The van der Waals surface area contributed by atoms with Gasteiger partial charge < -0.3 is 48.2 Å². The van der Waals surface area contributed by atoms with Gasteiger partial charge in [-0.1, -0.05) is 42.3 Å². The van der Waals surface area contributed by atoms with Gasteiger partial charge in [-0.15, -0.1) is 6.58 Å². The highest BCUT2D eigenvalue weighted by Crippen LogP contribution is 2.62. The second-order valence-electron chi connectivity index (χ2n) is 17.0. The summed E-state index contributed by atoms with van der Waals surface area (Å²) < 4.78 is 43.9. The van der Waals surface area contributed by atoms with Crippen LogP contribution in [0.25, 0.3) is 0 Å². The third kappa shape index (κ3) is 9.69. The summed E-state index contributed by atoms with van der Waals surface area (Å²) in [4.78, 5) is 27.0. The monoisotopic (exact) mass is 867 g/mol. The van der Waals surface area contributed by atoms with E-state index in [0.29, 0.717) is 54.6 Å². The Bertz CT molecular complexity index is 2120. The first-order valence-electron chi connectivity index (χ1n) is 22.5. The number of aromatic nitrogens is 1. The number of carbonyl (C=O) groups excluding carboxylic acids is 1. The number of nitrogens with zero attached hydrogens (tertiary/aromatic N) is 3. The lowest BCUT2D eigenvalue weighted by Gasteiger charge is -2.59. The molecule has 0 bridgehead atoms. The highest BCUT2D eigenvalue weighted by molar-refractivity contribution is 6.03. The molecular formula is C49H61N3O11. The summed E-state index contributed by atoms with van der Waals surface area (Å²) in [6, 6.07) is 16.7. The molecular weight excluding hydrogens is 807 g/mol. The average Bonchev–Trinajstić information content (AvgIpc) is 3.78. The van der Waals surface area contributed by atoms with E-state index in [1.54, 1.807) is 11.0 Å². The molecule has 8 rings (SSSR count). The number of ether oxygens (including phenoxy) is 7. The number of aliphatic hydroxyl groups is 2. The number of hydrogen-bond acceptors (Lipinski definition) is 13. The summed E-state index contributed by atoms with van der Waals surface area (Å²) in [5, 5.41) is 24.9. The number of allylic oxidation sites excluding steroid dienone is 1. The molecule has 4 heterocycles. The van der Waals surface area contributed by atoms with Crippen molar-refractivity contribution < 1.29 is 53.0 Å². The van der Waals surface area contributed by atoms with E-state index in [1.807, 2.05) is 55.5 Å². The normalized spacial score (nSPS) is 26.2. The van der Waals surface area contributed by atoms with Gasteiger partial charge in [0.25, 0.3) is 0 Å². The topological polar surface area (TPSA) is 160 Å². The summed E-state index contributed by atoms with van der Waals surface area (Å²) in [6.07, 6.45) is 10.4. The number of carbonyl (C=O) groups is 1. The second kappa shape index (κ2) is 20.6.